The van der Waals surface area contributed by atoms with E-state index < -0.39 is 36.1 Å². The molecule has 2 amide bonds. The zero-order valence-electron chi connectivity index (χ0n) is 18.4. The summed E-state index contributed by atoms with van der Waals surface area (Å²) in [6.45, 7) is 2.42. The summed E-state index contributed by atoms with van der Waals surface area (Å²) in [5.41, 5.74) is 1.26. The number of para-hydroxylation sites is 1. The van der Waals surface area contributed by atoms with Crippen molar-refractivity contribution in [3.05, 3.63) is 64.9 Å². The number of hydrogen-bond acceptors (Lipinski definition) is 6. The first kappa shape index (κ1) is 24.4. The van der Waals surface area contributed by atoms with Gasteiger partial charge in [-0.2, -0.15) is 0 Å². The maximum Gasteiger partial charge on any atom is 0.251 e. The van der Waals surface area contributed by atoms with Crippen LogP contribution >= 0.6 is 11.6 Å². The minimum Gasteiger partial charge on any atom is -0.388 e. The van der Waals surface area contributed by atoms with Crippen molar-refractivity contribution in [3.8, 4) is 0 Å². The number of piperazine rings is 1. The second kappa shape index (κ2) is 10.7. The number of aliphatic hydroxyl groups excluding tert-OH is 2. The molecular weight excluding hydrogens is 465 g/mol. The standard InChI is InChI=1S/C24H27ClFN3O5/c25-17-12-15(6-7-18(17)26)24(33)27-14-20-23(32)22(31)19(34-20)13-21(30)29-10-8-28(9-11-29)16-4-2-1-3-5-16/h1-7,12,19-20,22-23,31-32H,8-11,13-14H2,(H,27,33)/t19-,20-,22+,23-/m1/s1. The minimum atomic E-state index is -1.26. The lowest BCUT2D eigenvalue weighted by Crippen LogP contribution is -2.49. The number of aliphatic hydroxyl groups is 2. The van der Waals surface area contributed by atoms with Crippen LogP contribution in [0.25, 0.3) is 0 Å². The lowest BCUT2D eigenvalue weighted by atomic mass is 10.0. The van der Waals surface area contributed by atoms with Gasteiger partial charge in [0.1, 0.15) is 24.1 Å². The summed E-state index contributed by atoms with van der Waals surface area (Å²) in [6.07, 6.45) is -4.34. The first-order valence-electron chi connectivity index (χ1n) is 11.2. The highest BCUT2D eigenvalue weighted by molar-refractivity contribution is 6.31. The van der Waals surface area contributed by atoms with Gasteiger partial charge in [-0.25, -0.2) is 4.39 Å². The van der Waals surface area contributed by atoms with E-state index in [0.29, 0.717) is 26.2 Å². The van der Waals surface area contributed by atoms with E-state index in [0.717, 1.165) is 11.8 Å². The van der Waals surface area contributed by atoms with Crippen molar-refractivity contribution in [2.75, 3.05) is 37.6 Å². The third-order valence-electron chi connectivity index (χ3n) is 6.24. The highest BCUT2D eigenvalue weighted by atomic mass is 35.5. The van der Waals surface area contributed by atoms with Crippen LogP contribution in [0.4, 0.5) is 10.1 Å². The highest BCUT2D eigenvalue weighted by Crippen LogP contribution is 2.25. The van der Waals surface area contributed by atoms with Crippen molar-refractivity contribution in [1.82, 2.24) is 10.2 Å². The molecule has 2 heterocycles. The van der Waals surface area contributed by atoms with Crippen LogP contribution in [0.15, 0.2) is 48.5 Å². The number of amides is 2. The molecule has 0 radical (unpaired) electrons. The molecule has 0 aliphatic carbocycles. The smallest absolute Gasteiger partial charge is 0.251 e. The summed E-state index contributed by atoms with van der Waals surface area (Å²) in [5.74, 6) is -1.32. The van der Waals surface area contributed by atoms with Crippen molar-refractivity contribution < 1.29 is 28.9 Å². The minimum absolute atomic E-state index is 0.0679. The average molecular weight is 492 g/mol. The van der Waals surface area contributed by atoms with Crippen LogP contribution in [0.2, 0.25) is 5.02 Å². The molecule has 0 aromatic heterocycles. The van der Waals surface area contributed by atoms with Crippen LogP contribution in [0.1, 0.15) is 16.8 Å². The highest BCUT2D eigenvalue weighted by Gasteiger charge is 2.44. The molecule has 4 atom stereocenters. The number of anilines is 1. The summed E-state index contributed by atoms with van der Waals surface area (Å²) in [4.78, 5) is 29.0. The molecule has 2 saturated heterocycles. The van der Waals surface area contributed by atoms with E-state index >= 15 is 0 Å². The van der Waals surface area contributed by atoms with Crippen molar-refractivity contribution >= 4 is 29.1 Å². The Morgan fingerprint density at radius 1 is 1.03 bits per heavy atom. The molecule has 34 heavy (non-hydrogen) atoms. The predicted molar refractivity (Wildman–Crippen MR) is 124 cm³/mol. The van der Waals surface area contributed by atoms with E-state index in [9.17, 15) is 24.2 Å². The number of rotatable bonds is 6. The summed E-state index contributed by atoms with van der Waals surface area (Å²) >= 11 is 5.71. The van der Waals surface area contributed by atoms with Crippen molar-refractivity contribution in [3.63, 3.8) is 0 Å². The molecule has 0 saturated carbocycles. The van der Waals surface area contributed by atoms with E-state index in [-0.39, 0.29) is 29.5 Å². The first-order chi connectivity index (χ1) is 16.3. The molecule has 0 unspecified atom stereocenters. The maximum absolute atomic E-state index is 13.3. The van der Waals surface area contributed by atoms with Crippen LogP contribution in [-0.4, -0.2) is 84.1 Å². The number of hydrogen-bond donors (Lipinski definition) is 3. The number of halogens is 2. The second-order valence-electron chi connectivity index (χ2n) is 8.44. The Kier molecular flexibility index (Phi) is 7.67. The molecule has 0 spiro atoms. The SMILES string of the molecule is O=C(NC[C@H]1O[C@H](CC(=O)N2CCN(c3ccccc3)CC2)[C@H](O)[C@@H]1O)c1ccc(F)c(Cl)c1. The molecule has 0 bridgehead atoms. The first-order valence-corrected chi connectivity index (χ1v) is 11.5. The van der Waals surface area contributed by atoms with Crippen LogP contribution in [0.5, 0.6) is 0 Å². The molecule has 2 aromatic rings. The predicted octanol–water partition coefficient (Wildman–Crippen LogP) is 1.44. The van der Waals surface area contributed by atoms with Gasteiger partial charge in [0.15, 0.2) is 0 Å². The molecule has 2 fully saturated rings. The fourth-order valence-corrected chi connectivity index (χ4v) is 4.43. The van der Waals surface area contributed by atoms with Gasteiger partial charge in [-0.05, 0) is 30.3 Å². The van der Waals surface area contributed by atoms with Gasteiger partial charge in [0, 0.05) is 44.0 Å². The Bertz CT molecular complexity index is 1020. The molecule has 2 aromatic carbocycles. The lowest BCUT2D eigenvalue weighted by molar-refractivity contribution is -0.135. The van der Waals surface area contributed by atoms with Crippen molar-refractivity contribution in [2.45, 2.75) is 30.8 Å². The summed E-state index contributed by atoms with van der Waals surface area (Å²) in [6, 6.07) is 13.6. The zero-order valence-corrected chi connectivity index (χ0v) is 19.2. The Hall–Kier alpha value is -2.72. The Morgan fingerprint density at radius 2 is 1.71 bits per heavy atom. The van der Waals surface area contributed by atoms with Gasteiger partial charge in [-0.15, -0.1) is 0 Å². The fraction of sp³-hybridized carbons (Fsp3) is 0.417. The molecule has 4 rings (SSSR count). The molecule has 182 valence electrons. The molecule has 2 aliphatic rings. The largest absolute Gasteiger partial charge is 0.388 e. The Balaban J connectivity index is 1.26. The third-order valence-corrected chi connectivity index (χ3v) is 6.53. The maximum atomic E-state index is 13.3. The van der Waals surface area contributed by atoms with Crippen molar-refractivity contribution in [1.29, 1.82) is 0 Å². The Labute approximate surface area is 201 Å². The van der Waals surface area contributed by atoms with Gasteiger partial charge < -0.3 is 30.1 Å². The molecule has 3 N–H and O–H groups in total. The molecular formula is C24H27ClFN3O5. The molecule has 10 heteroatoms. The van der Waals surface area contributed by atoms with E-state index in [2.05, 4.69) is 10.2 Å². The summed E-state index contributed by atoms with van der Waals surface area (Å²) in [5, 5.41) is 23.1. The lowest BCUT2D eigenvalue weighted by Gasteiger charge is -2.36. The number of benzene rings is 2. The van der Waals surface area contributed by atoms with Crippen LogP contribution in [0, 0.1) is 5.82 Å². The average Bonchev–Trinajstić information content (AvgIpc) is 3.12. The van der Waals surface area contributed by atoms with E-state index in [4.69, 9.17) is 16.3 Å². The van der Waals surface area contributed by atoms with Gasteiger partial charge in [0.2, 0.25) is 5.91 Å². The fourth-order valence-electron chi connectivity index (χ4n) is 4.25. The number of carbonyl (C=O) groups is 2. The Morgan fingerprint density at radius 3 is 2.38 bits per heavy atom. The second-order valence-corrected chi connectivity index (χ2v) is 8.85. The van der Waals surface area contributed by atoms with Gasteiger partial charge >= 0.3 is 0 Å². The van der Waals surface area contributed by atoms with E-state index in [1.807, 2.05) is 30.3 Å². The van der Waals surface area contributed by atoms with Crippen LogP contribution < -0.4 is 10.2 Å². The number of ether oxygens (including phenoxy) is 1. The molecule has 8 nitrogen and oxygen atoms in total. The van der Waals surface area contributed by atoms with Gasteiger partial charge in [-0.1, -0.05) is 29.8 Å². The van der Waals surface area contributed by atoms with E-state index in [1.54, 1.807) is 4.90 Å². The van der Waals surface area contributed by atoms with Crippen molar-refractivity contribution in [2.24, 2.45) is 0 Å². The van der Waals surface area contributed by atoms with Crippen LogP contribution in [0.3, 0.4) is 0 Å². The van der Waals surface area contributed by atoms with Crippen LogP contribution in [-0.2, 0) is 9.53 Å². The molecule has 2 aliphatic heterocycles. The zero-order chi connectivity index (χ0) is 24.2. The number of nitrogens with one attached hydrogen (secondary N) is 1. The number of nitrogens with zero attached hydrogens (tertiary/aromatic N) is 2. The monoisotopic (exact) mass is 491 g/mol. The van der Waals surface area contributed by atoms with Gasteiger partial charge in [-0.3, -0.25) is 9.59 Å². The van der Waals surface area contributed by atoms with Gasteiger partial charge in [0.25, 0.3) is 5.91 Å². The van der Waals surface area contributed by atoms with E-state index in [1.165, 1.54) is 12.1 Å². The summed E-state index contributed by atoms with van der Waals surface area (Å²) < 4.78 is 19.0. The quantitative estimate of drug-likeness (QED) is 0.565. The normalized spacial score (nSPS) is 24.8. The van der Waals surface area contributed by atoms with Gasteiger partial charge in [0.05, 0.1) is 17.5 Å². The number of carbonyl (C=O) groups excluding carboxylic acids is 2. The third kappa shape index (κ3) is 5.50. The summed E-state index contributed by atoms with van der Waals surface area (Å²) in [7, 11) is 0. The topological polar surface area (TPSA) is 102 Å².